The number of halogens is 3. The van der Waals surface area contributed by atoms with Crippen molar-refractivity contribution in [2.24, 2.45) is 0 Å². The van der Waals surface area contributed by atoms with Crippen molar-refractivity contribution in [3.8, 4) is 11.5 Å². The number of aromatic hydroxyl groups is 2. The Hall–Kier alpha value is 0.350. The third-order valence-electron chi connectivity index (χ3n) is 1.79. The molecule has 0 heterocycles. The van der Waals surface area contributed by atoms with Crippen molar-refractivity contribution in [2.45, 2.75) is 0 Å². The summed E-state index contributed by atoms with van der Waals surface area (Å²) in [5, 5.41) is 18.4. The number of hydrogen-bond acceptors (Lipinski definition) is 2. The first-order valence-electron chi connectivity index (χ1n) is 4.59. The summed E-state index contributed by atoms with van der Waals surface area (Å²) in [6.45, 7) is 0. The Labute approximate surface area is 151 Å². The van der Waals surface area contributed by atoms with Crippen LogP contribution in [0.25, 0.3) is 0 Å². The molecule has 0 unspecified atom stereocenters. The Morgan fingerprint density at radius 2 is 1.33 bits per heavy atom. The van der Waals surface area contributed by atoms with Gasteiger partial charge in [0.2, 0.25) is 0 Å². The van der Waals surface area contributed by atoms with E-state index in [1.807, 2.05) is 12.1 Å². The number of phenolic OH excluding ortho intramolecular Hbond substituents is 2. The van der Waals surface area contributed by atoms with Gasteiger partial charge in [-0.3, -0.25) is 0 Å². The van der Waals surface area contributed by atoms with E-state index in [-0.39, 0.29) is 45.4 Å². The van der Waals surface area contributed by atoms with Crippen molar-refractivity contribution in [1.29, 1.82) is 0 Å². The molecule has 0 fully saturated rings. The minimum Gasteiger partial charge on any atom is -0.507 e. The molecule has 0 aliphatic rings. The average Bonchev–Trinajstić information content (AvgIpc) is 2.31. The fourth-order valence-electron chi connectivity index (χ4n) is 0.941. The van der Waals surface area contributed by atoms with Crippen LogP contribution in [0.15, 0.2) is 42.5 Å². The molecule has 0 saturated carbocycles. The van der Waals surface area contributed by atoms with E-state index in [0.29, 0.717) is 5.75 Å². The average molecular weight is 406 g/mol. The summed E-state index contributed by atoms with van der Waals surface area (Å²) in [4.78, 5) is 0. The molecule has 0 aliphatic heterocycles. The maximum atomic E-state index is 8.94. The SMILES string of the molecule is Oc1c(Cl)cccc1Cl.Oc1ccccc1I.[Na]. The minimum absolute atomic E-state index is 0. The molecular weight excluding hydrogens is 397 g/mol. The monoisotopic (exact) mass is 405 g/mol. The molecule has 6 heteroatoms. The van der Waals surface area contributed by atoms with Crippen LogP contribution in [-0.2, 0) is 0 Å². The maximum absolute atomic E-state index is 8.94. The van der Waals surface area contributed by atoms with E-state index in [9.17, 15) is 0 Å². The molecule has 2 N–H and O–H groups in total. The number of rotatable bonds is 0. The summed E-state index contributed by atoms with van der Waals surface area (Å²) in [5.41, 5.74) is 0. The number of para-hydroxylation sites is 2. The molecule has 0 amide bonds. The summed E-state index contributed by atoms with van der Waals surface area (Å²) < 4.78 is 0.894. The fraction of sp³-hybridized carbons (Fsp3) is 0. The fourth-order valence-corrected chi connectivity index (χ4v) is 1.73. The van der Waals surface area contributed by atoms with Gasteiger partial charge in [0, 0.05) is 29.6 Å². The second-order valence-electron chi connectivity index (χ2n) is 3.02. The maximum Gasteiger partial charge on any atom is 0.152 e. The molecule has 1 radical (unpaired) electrons. The van der Waals surface area contributed by atoms with Crippen LogP contribution in [-0.4, -0.2) is 39.8 Å². The van der Waals surface area contributed by atoms with Gasteiger partial charge in [-0.05, 0) is 46.9 Å². The first kappa shape index (κ1) is 18.4. The zero-order valence-electron chi connectivity index (χ0n) is 9.57. The molecule has 2 rings (SSSR count). The van der Waals surface area contributed by atoms with Crippen molar-refractivity contribution in [3.63, 3.8) is 0 Å². The summed E-state index contributed by atoms with van der Waals surface area (Å²) in [6, 6.07) is 12.0. The Morgan fingerprint density at radius 1 is 0.833 bits per heavy atom. The summed E-state index contributed by atoms with van der Waals surface area (Å²) in [6.07, 6.45) is 0. The van der Waals surface area contributed by atoms with Gasteiger partial charge in [-0.25, -0.2) is 0 Å². The molecule has 0 aliphatic carbocycles. The van der Waals surface area contributed by atoms with Gasteiger partial charge in [-0.1, -0.05) is 41.4 Å². The first-order chi connectivity index (χ1) is 8.02. The van der Waals surface area contributed by atoms with Gasteiger partial charge < -0.3 is 10.2 Å². The molecule has 2 nitrogen and oxygen atoms in total. The third kappa shape index (κ3) is 5.99. The van der Waals surface area contributed by atoms with Gasteiger partial charge in [0.1, 0.15) is 5.75 Å². The van der Waals surface area contributed by atoms with E-state index in [4.69, 9.17) is 33.4 Å². The quantitative estimate of drug-likeness (QED) is 0.506. The molecule has 0 spiro atoms. The van der Waals surface area contributed by atoms with Gasteiger partial charge in [-0.2, -0.15) is 0 Å². The van der Waals surface area contributed by atoms with Crippen LogP contribution in [0, 0.1) is 3.57 Å². The van der Waals surface area contributed by atoms with Gasteiger partial charge >= 0.3 is 0 Å². The molecule has 0 saturated heterocycles. The van der Waals surface area contributed by atoms with Crippen molar-refractivity contribution in [3.05, 3.63) is 56.1 Å². The predicted octanol–water partition coefficient (Wildman–Crippen LogP) is 4.32. The Morgan fingerprint density at radius 3 is 1.67 bits per heavy atom. The molecule has 2 aromatic rings. The van der Waals surface area contributed by atoms with Crippen molar-refractivity contribution >= 4 is 75.4 Å². The molecule has 0 aromatic heterocycles. The van der Waals surface area contributed by atoms with Crippen LogP contribution < -0.4 is 0 Å². The molecule has 0 bridgehead atoms. The summed E-state index contributed by atoms with van der Waals surface area (Å²) in [7, 11) is 0. The van der Waals surface area contributed by atoms with E-state index in [0.717, 1.165) is 3.57 Å². The summed E-state index contributed by atoms with van der Waals surface area (Å²) in [5.74, 6) is 0.300. The first-order valence-corrected chi connectivity index (χ1v) is 6.42. The number of phenols is 2. The Bertz CT molecular complexity index is 468. The largest absolute Gasteiger partial charge is 0.507 e. The van der Waals surface area contributed by atoms with Gasteiger partial charge in [-0.15, -0.1) is 0 Å². The van der Waals surface area contributed by atoms with Crippen LogP contribution in [0.4, 0.5) is 0 Å². The zero-order valence-corrected chi connectivity index (χ0v) is 15.2. The second-order valence-corrected chi connectivity index (χ2v) is 5.00. The van der Waals surface area contributed by atoms with E-state index in [2.05, 4.69) is 22.6 Å². The molecular formula is C12H9Cl2INaO2. The summed E-state index contributed by atoms with van der Waals surface area (Å²) >= 11 is 13.0. The standard InChI is InChI=1S/C6H4Cl2O.C6H5IO.Na/c7-4-2-1-3-5(8)6(4)9;7-5-3-1-2-4-6(5)8;/h1-3,9H;1-4,8H;. The van der Waals surface area contributed by atoms with E-state index >= 15 is 0 Å². The number of hydrogen-bond donors (Lipinski definition) is 2. The zero-order chi connectivity index (χ0) is 12.8. The van der Waals surface area contributed by atoms with Crippen molar-refractivity contribution in [1.82, 2.24) is 0 Å². The van der Waals surface area contributed by atoms with Gasteiger partial charge in [0.25, 0.3) is 0 Å². The van der Waals surface area contributed by atoms with Crippen LogP contribution in [0.3, 0.4) is 0 Å². The minimum atomic E-state index is -0.0548. The topological polar surface area (TPSA) is 40.5 Å². The normalized spacial score (nSPS) is 8.83. The molecule has 91 valence electrons. The van der Waals surface area contributed by atoms with Gasteiger partial charge in [0.05, 0.1) is 13.6 Å². The third-order valence-corrected chi connectivity index (χ3v) is 3.31. The van der Waals surface area contributed by atoms with E-state index in [1.54, 1.807) is 30.3 Å². The van der Waals surface area contributed by atoms with Gasteiger partial charge in [0.15, 0.2) is 5.75 Å². The predicted molar refractivity (Wildman–Crippen MR) is 84.7 cm³/mol. The smallest absolute Gasteiger partial charge is 0.152 e. The Balaban J connectivity index is 0.000000306. The van der Waals surface area contributed by atoms with Crippen LogP contribution in [0.5, 0.6) is 11.5 Å². The van der Waals surface area contributed by atoms with Crippen LogP contribution >= 0.6 is 45.8 Å². The van der Waals surface area contributed by atoms with Crippen molar-refractivity contribution < 1.29 is 10.2 Å². The van der Waals surface area contributed by atoms with Crippen molar-refractivity contribution in [2.75, 3.05) is 0 Å². The van der Waals surface area contributed by atoms with E-state index < -0.39 is 0 Å². The molecule has 18 heavy (non-hydrogen) atoms. The number of benzene rings is 2. The van der Waals surface area contributed by atoms with Crippen LogP contribution in [0.2, 0.25) is 10.0 Å². The van der Waals surface area contributed by atoms with E-state index in [1.165, 1.54) is 0 Å². The van der Waals surface area contributed by atoms with Crippen LogP contribution in [0.1, 0.15) is 0 Å². The second kappa shape index (κ2) is 9.28. The molecule has 0 atom stereocenters. The Kier molecular flexibility index (Phi) is 9.47. The molecule has 2 aromatic carbocycles.